The van der Waals surface area contributed by atoms with Crippen molar-refractivity contribution in [3.8, 4) is 5.75 Å². The van der Waals surface area contributed by atoms with Crippen LogP contribution in [0.15, 0.2) is 71.8 Å². The van der Waals surface area contributed by atoms with Gasteiger partial charge in [-0.25, -0.2) is 13.4 Å². The van der Waals surface area contributed by atoms with E-state index in [0.717, 1.165) is 5.56 Å². The number of pyridine rings is 1. The van der Waals surface area contributed by atoms with E-state index in [2.05, 4.69) is 15.0 Å². The van der Waals surface area contributed by atoms with Gasteiger partial charge in [0.1, 0.15) is 11.6 Å². The van der Waals surface area contributed by atoms with Crippen molar-refractivity contribution in [2.45, 2.75) is 24.8 Å². The smallest absolute Gasteiger partial charge is 0.262 e. The molecule has 0 saturated heterocycles. The van der Waals surface area contributed by atoms with Crippen LogP contribution in [0.1, 0.15) is 24.1 Å². The number of methoxy groups -OCH3 is 1. The van der Waals surface area contributed by atoms with Gasteiger partial charge in [-0.3, -0.25) is 4.72 Å². The Hall–Kier alpha value is -3.06. The van der Waals surface area contributed by atoms with Crippen LogP contribution in [0.3, 0.4) is 0 Å². The average Bonchev–Trinajstić information content (AvgIpc) is 2.69. The number of aromatic nitrogens is 1. The minimum absolute atomic E-state index is 0.0817. The zero-order chi connectivity index (χ0) is 20.1. The molecule has 6 nitrogen and oxygen atoms in total. The molecule has 1 unspecified atom stereocenters. The third kappa shape index (κ3) is 4.61. The van der Waals surface area contributed by atoms with E-state index in [4.69, 9.17) is 4.74 Å². The summed E-state index contributed by atoms with van der Waals surface area (Å²) in [5.74, 6) is 1.28. The minimum Gasteiger partial charge on any atom is -0.497 e. The van der Waals surface area contributed by atoms with Crippen molar-refractivity contribution in [3.63, 3.8) is 0 Å². The quantitative estimate of drug-likeness (QED) is 0.619. The Bertz CT molecular complexity index is 1040. The average molecular weight is 398 g/mol. The molecule has 0 aliphatic heterocycles. The Morgan fingerprint density at radius 1 is 1.04 bits per heavy atom. The third-order valence-corrected chi connectivity index (χ3v) is 5.89. The van der Waals surface area contributed by atoms with Crippen LogP contribution >= 0.6 is 0 Å². The molecule has 0 bridgehead atoms. The van der Waals surface area contributed by atoms with Gasteiger partial charge in [-0.05, 0) is 55.3 Å². The molecule has 3 aromatic rings. The number of nitrogens with one attached hydrogen (secondary N) is 2. The molecule has 0 aliphatic rings. The molecule has 0 fully saturated rings. The van der Waals surface area contributed by atoms with Gasteiger partial charge >= 0.3 is 0 Å². The highest BCUT2D eigenvalue weighted by atomic mass is 32.2. The van der Waals surface area contributed by atoms with Crippen molar-refractivity contribution in [2.24, 2.45) is 0 Å². The molecule has 1 heterocycles. The number of benzene rings is 2. The Balaban J connectivity index is 1.71. The minimum atomic E-state index is -3.71. The fourth-order valence-electron chi connectivity index (χ4n) is 2.85. The second-order valence-electron chi connectivity index (χ2n) is 6.45. The zero-order valence-corrected chi connectivity index (χ0v) is 16.8. The topological polar surface area (TPSA) is 80.3 Å². The first-order chi connectivity index (χ1) is 13.4. The molecule has 28 heavy (non-hydrogen) atoms. The van der Waals surface area contributed by atoms with E-state index in [0.29, 0.717) is 22.8 Å². The van der Waals surface area contributed by atoms with E-state index in [9.17, 15) is 8.42 Å². The van der Waals surface area contributed by atoms with Crippen molar-refractivity contribution in [1.82, 2.24) is 4.98 Å². The predicted octanol–water partition coefficient (Wildman–Crippen LogP) is 4.37. The van der Waals surface area contributed by atoms with Crippen LogP contribution in [0.5, 0.6) is 5.75 Å². The third-order valence-electron chi connectivity index (χ3n) is 4.35. The summed E-state index contributed by atoms with van der Waals surface area (Å²) in [7, 11) is -2.17. The van der Waals surface area contributed by atoms with Crippen molar-refractivity contribution in [3.05, 3.63) is 78.0 Å². The largest absolute Gasteiger partial charge is 0.497 e. The Labute approximate surface area is 165 Å². The summed E-state index contributed by atoms with van der Waals surface area (Å²) in [6.45, 7) is 3.77. The fourth-order valence-corrected chi connectivity index (χ4v) is 4.12. The number of rotatable bonds is 7. The lowest BCUT2D eigenvalue weighted by Crippen LogP contribution is -2.14. The molecule has 2 N–H and O–H groups in total. The SMILES string of the molecule is COc1ccc(S(=O)(=O)Nc2ccc(NC(C)c3ccccc3)nc2)c(C)c1. The molecule has 7 heteroatoms. The first kappa shape index (κ1) is 19.7. The molecule has 0 spiro atoms. The monoisotopic (exact) mass is 397 g/mol. The van der Waals surface area contributed by atoms with Gasteiger partial charge in [0, 0.05) is 6.04 Å². The van der Waals surface area contributed by atoms with Gasteiger partial charge in [0.2, 0.25) is 0 Å². The molecule has 3 rings (SSSR count). The lowest BCUT2D eigenvalue weighted by molar-refractivity contribution is 0.414. The summed E-state index contributed by atoms with van der Waals surface area (Å²) in [4.78, 5) is 4.52. The molecule has 0 saturated carbocycles. The fraction of sp³-hybridized carbons (Fsp3) is 0.190. The van der Waals surface area contributed by atoms with Gasteiger partial charge in [-0.15, -0.1) is 0 Å². The number of sulfonamides is 1. The number of anilines is 2. The highest BCUT2D eigenvalue weighted by Gasteiger charge is 2.17. The van der Waals surface area contributed by atoms with E-state index < -0.39 is 10.0 Å². The number of aryl methyl sites for hydroxylation is 1. The maximum Gasteiger partial charge on any atom is 0.262 e. The van der Waals surface area contributed by atoms with Gasteiger partial charge in [-0.1, -0.05) is 30.3 Å². The summed E-state index contributed by atoms with van der Waals surface area (Å²) in [5, 5.41) is 3.30. The standard InChI is InChI=1S/C21H23N3O3S/c1-15-13-19(27-3)10-11-20(15)28(25,26)24-18-9-12-21(22-14-18)23-16(2)17-7-5-4-6-8-17/h4-14,16,24H,1-3H3,(H,22,23). The van der Waals surface area contributed by atoms with Gasteiger partial charge in [0.25, 0.3) is 10.0 Å². The van der Waals surface area contributed by atoms with E-state index >= 15 is 0 Å². The second-order valence-corrected chi connectivity index (χ2v) is 8.10. The van der Waals surface area contributed by atoms with Crippen LogP contribution in [0.25, 0.3) is 0 Å². The van der Waals surface area contributed by atoms with E-state index in [1.54, 1.807) is 38.3 Å². The van der Waals surface area contributed by atoms with Crippen LogP contribution < -0.4 is 14.8 Å². The van der Waals surface area contributed by atoms with E-state index in [1.807, 2.05) is 37.3 Å². The summed E-state index contributed by atoms with van der Waals surface area (Å²) in [6, 6.07) is 18.4. The second kappa shape index (κ2) is 8.31. The molecule has 0 aliphatic carbocycles. The number of hydrogen-bond acceptors (Lipinski definition) is 5. The van der Waals surface area contributed by atoms with Crippen LogP contribution in [-0.2, 0) is 10.0 Å². The zero-order valence-electron chi connectivity index (χ0n) is 16.0. The summed E-state index contributed by atoms with van der Waals surface area (Å²) >= 11 is 0. The summed E-state index contributed by atoms with van der Waals surface area (Å²) in [5.41, 5.74) is 2.15. The maximum absolute atomic E-state index is 12.7. The molecular weight excluding hydrogens is 374 g/mol. The van der Waals surface area contributed by atoms with E-state index in [1.165, 1.54) is 12.3 Å². The Kier molecular flexibility index (Phi) is 5.84. The normalized spacial score (nSPS) is 12.2. The first-order valence-electron chi connectivity index (χ1n) is 8.84. The highest BCUT2D eigenvalue weighted by Crippen LogP contribution is 2.24. The van der Waals surface area contributed by atoms with Crippen molar-refractivity contribution >= 4 is 21.5 Å². The Morgan fingerprint density at radius 2 is 1.79 bits per heavy atom. The van der Waals surface area contributed by atoms with Crippen molar-refractivity contribution in [1.29, 1.82) is 0 Å². The summed E-state index contributed by atoms with van der Waals surface area (Å²) < 4.78 is 33.0. The number of ether oxygens (including phenoxy) is 1. The predicted molar refractivity (Wildman–Crippen MR) is 111 cm³/mol. The van der Waals surface area contributed by atoms with Crippen molar-refractivity contribution in [2.75, 3.05) is 17.1 Å². The van der Waals surface area contributed by atoms with E-state index in [-0.39, 0.29) is 10.9 Å². The van der Waals surface area contributed by atoms with Gasteiger partial charge in [-0.2, -0.15) is 0 Å². The molecular formula is C21H23N3O3S. The maximum atomic E-state index is 12.7. The lowest BCUT2D eigenvalue weighted by atomic mass is 10.1. The molecule has 2 aromatic carbocycles. The summed E-state index contributed by atoms with van der Waals surface area (Å²) in [6.07, 6.45) is 1.50. The van der Waals surface area contributed by atoms with Crippen LogP contribution in [0.4, 0.5) is 11.5 Å². The Morgan fingerprint density at radius 3 is 2.39 bits per heavy atom. The molecule has 146 valence electrons. The molecule has 1 atom stereocenters. The van der Waals surface area contributed by atoms with Gasteiger partial charge in [0.05, 0.1) is 23.9 Å². The van der Waals surface area contributed by atoms with Crippen LogP contribution in [-0.4, -0.2) is 20.5 Å². The number of hydrogen-bond donors (Lipinski definition) is 2. The molecule has 0 amide bonds. The lowest BCUT2D eigenvalue weighted by Gasteiger charge is -2.15. The molecule has 0 radical (unpaired) electrons. The number of nitrogens with zero attached hydrogens (tertiary/aromatic N) is 1. The van der Waals surface area contributed by atoms with Crippen molar-refractivity contribution < 1.29 is 13.2 Å². The first-order valence-corrected chi connectivity index (χ1v) is 10.3. The van der Waals surface area contributed by atoms with Crippen LogP contribution in [0.2, 0.25) is 0 Å². The molecule has 1 aromatic heterocycles. The van der Waals surface area contributed by atoms with Gasteiger partial charge < -0.3 is 10.1 Å². The highest BCUT2D eigenvalue weighted by molar-refractivity contribution is 7.92. The van der Waals surface area contributed by atoms with Gasteiger partial charge in [0.15, 0.2) is 0 Å². The van der Waals surface area contributed by atoms with Crippen LogP contribution in [0, 0.1) is 6.92 Å².